The molecule has 9 nitrogen and oxygen atoms in total. The Labute approximate surface area is 253 Å². The van der Waals surface area contributed by atoms with Crippen molar-refractivity contribution >= 4 is 23.9 Å². The number of aliphatic carboxylic acids is 1. The van der Waals surface area contributed by atoms with Gasteiger partial charge in [-0.3, -0.25) is 19.2 Å². The van der Waals surface area contributed by atoms with Gasteiger partial charge in [0.1, 0.15) is 18.8 Å². The maximum absolute atomic E-state index is 13.7. The molecule has 1 aromatic carbocycles. The summed E-state index contributed by atoms with van der Waals surface area (Å²) in [5.74, 6) is -3.70. The average Bonchev–Trinajstić information content (AvgIpc) is 2.84. The predicted octanol–water partition coefficient (Wildman–Crippen LogP) is 6.59. The zero-order valence-electron chi connectivity index (χ0n) is 25.5. The van der Waals surface area contributed by atoms with Crippen LogP contribution in [0, 0.1) is 22.2 Å². The van der Waals surface area contributed by atoms with Crippen LogP contribution in [0.3, 0.4) is 0 Å². The molecule has 0 bridgehead atoms. The van der Waals surface area contributed by atoms with Crippen LogP contribution in [0.15, 0.2) is 30.3 Å². The third kappa shape index (κ3) is 12.5. The van der Waals surface area contributed by atoms with E-state index in [0.29, 0.717) is 0 Å². The van der Waals surface area contributed by atoms with Crippen LogP contribution in [0.2, 0.25) is 0 Å². The van der Waals surface area contributed by atoms with Gasteiger partial charge in [-0.15, -0.1) is 0 Å². The highest BCUT2D eigenvalue weighted by molar-refractivity contribution is 5.83. The zero-order valence-corrected chi connectivity index (χ0v) is 25.5. The number of carboxylic acids is 1. The Balaban J connectivity index is 0. The van der Waals surface area contributed by atoms with E-state index in [1.54, 1.807) is 67.5 Å². The number of hydrogen-bond donors (Lipinski definition) is 2. The summed E-state index contributed by atoms with van der Waals surface area (Å²) in [6, 6.07) is 9.07. The van der Waals surface area contributed by atoms with E-state index in [0.717, 1.165) is 5.56 Å². The van der Waals surface area contributed by atoms with Crippen molar-refractivity contribution in [3.63, 3.8) is 0 Å². The normalized spacial score (nSPS) is 16.9. The molecule has 5 atom stereocenters. The maximum Gasteiger partial charge on any atom is 0.312 e. The van der Waals surface area contributed by atoms with Gasteiger partial charge in [0.15, 0.2) is 0 Å². The Morgan fingerprint density at radius 3 is 1.76 bits per heavy atom. The molecule has 0 aliphatic heterocycles. The van der Waals surface area contributed by atoms with Gasteiger partial charge >= 0.3 is 23.9 Å². The average molecular weight is 597 g/mol. The van der Waals surface area contributed by atoms with Gasteiger partial charge in [0, 0.05) is 0 Å². The van der Waals surface area contributed by atoms with Gasteiger partial charge in [-0.25, -0.2) is 0 Å². The van der Waals surface area contributed by atoms with Crippen LogP contribution in [0.5, 0.6) is 0 Å². The summed E-state index contributed by atoms with van der Waals surface area (Å²) in [6.07, 6.45) is -0.976. The van der Waals surface area contributed by atoms with Gasteiger partial charge in [-0.05, 0) is 79.7 Å². The van der Waals surface area contributed by atoms with Gasteiger partial charge < -0.3 is 24.4 Å². The van der Waals surface area contributed by atoms with Gasteiger partial charge in [-0.2, -0.15) is 0 Å². The second kappa shape index (κ2) is 16.6. The Hall–Kier alpha value is -2.94. The van der Waals surface area contributed by atoms with Gasteiger partial charge in [0.2, 0.25) is 0 Å². The fourth-order valence-electron chi connectivity index (χ4n) is 4.94. The molecule has 0 spiro atoms. The number of rotatable bonds is 15. The Morgan fingerprint density at radius 1 is 0.810 bits per heavy atom. The molecule has 5 unspecified atom stereocenters. The van der Waals surface area contributed by atoms with Crippen LogP contribution in [-0.2, 0) is 40.0 Å². The first kappa shape index (κ1) is 41.2. The lowest BCUT2D eigenvalue weighted by molar-refractivity contribution is -0.172. The molecule has 1 rings (SSSR count). The number of ether oxygens (including phenoxy) is 3. The van der Waals surface area contributed by atoms with E-state index in [9.17, 15) is 29.4 Å². The van der Waals surface area contributed by atoms with E-state index in [4.69, 9.17) is 14.2 Å². The van der Waals surface area contributed by atoms with Crippen LogP contribution >= 0.6 is 0 Å². The lowest BCUT2D eigenvalue weighted by atomic mass is 9.63. The van der Waals surface area contributed by atoms with E-state index in [1.807, 2.05) is 18.2 Å². The monoisotopic (exact) mass is 596 g/mol. The Bertz CT molecular complexity index is 1010. The van der Waals surface area contributed by atoms with Crippen molar-refractivity contribution in [1.82, 2.24) is 0 Å². The van der Waals surface area contributed by atoms with Crippen LogP contribution in [-0.4, -0.2) is 52.4 Å². The van der Waals surface area contributed by atoms with E-state index in [2.05, 4.69) is 0 Å². The lowest BCUT2D eigenvalue weighted by Crippen LogP contribution is -2.46. The van der Waals surface area contributed by atoms with Crippen LogP contribution in [0.25, 0.3) is 0 Å². The largest absolute Gasteiger partial charge is 0.481 e. The zero-order chi connectivity index (χ0) is 30.9. The smallest absolute Gasteiger partial charge is 0.312 e. The van der Waals surface area contributed by atoms with E-state index in [1.165, 1.54) is 6.92 Å². The number of hydrogen-bond acceptors (Lipinski definition) is 8. The fourth-order valence-corrected chi connectivity index (χ4v) is 4.94. The summed E-state index contributed by atoms with van der Waals surface area (Å²) in [4.78, 5) is 52.4. The molecule has 0 radical (unpaired) electrons. The van der Waals surface area contributed by atoms with Gasteiger partial charge in [0.05, 0.1) is 28.3 Å². The van der Waals surface area contributed by atoms with Crippen molar-refractivity contribution in [2.24, 2.45) is 22.2 Å². The molecule has 9 heteroatoms. The maximum atomic E-state index is 13.7. The van der Waals surface area contributed by atoms with E-state index in [-0.39, 0.29) is 53.8 Å². The molecule has 0 aliphatic rings. The van der Waals surface area contributed by atoms with Crippen LogP contribution < -0.4 is 0 Å². The van der Waals surface area contributed by atoms with Crippen molar-refractivity contribution in [2.75, 3.05) is 6.61 Å². The second-order valence-electron chi connectivity index (χ2n) is 12.8. The summed E-state index contributed by atoms with van der Waals surface area (Å²) in [5, 5.41) is 19.8. The SMILES string of the molecule is C.C.CCC(C)(CC(C)(CC(C)(CC(C)C(=O)OC(C)(C)C)C(=O)OCC(C)O)C(=O)OCc1ccccc1)C(=O)O. The third-order valence-electron chi connectivity index (χ3n) is 7.08. The summed E-state index contributed by atoms with van der Waals surface area (Å²) in [7, 11) is 0. The minimum atomic E-state index is -1.44. The number of carbonyl (C=O) groups is 4. The molecule has 0 aliphatic carbocycles. The minimum absolute atomic E-state index is 0. The minimum Gasteiger partial charge on any atom is -0.481 e. The van der Waals surface area contributed by atoms with Crippen molar-refractivity contribution in [3.05, 3.63) is 35.9 Å². The highest BCUT2D eigenvalue weighted by Crippen LogP contribution is 2.48. The quantitative estimate of drug-likeness (QED) is 0.170. The van der Waals surface area contributed by atoms with Gasteiger partial charge in [0.25, 0.3) is 0 Å². The first-order chi connectivity index (χ1) is 18.3. The standard InChI is InChI=1S/C31H48O9.2CH4/c1-10-29(7,25(34)35)19-31(9,27(37)39-18-23-14-12-11-13-15-23)20-30(8,26(36)38-17-22(3)32)16-21(2)24(33)40-28(4,5)6;;/h11-15,21-22,32H,10,16-20H2,1-9H3,(H,34,35);2*1H4. The van der Waals surface area contributed by atoms with Crippen LogP contribution in [0.4, 0.5) is 0 Å². The molecule has 0 saturated heterocycles. The Kier molecular flexibility index (Phi) is 16.3. The molecule has 0 amide bonds. The van der Waals surface area contributed by atoms with Crippen molar-refractivity contribution in [1.29, 1.82) is 0 Å². The second-order valence-corrected chi connectivity index (χ2v) is 12.8. The van der Waals surface area contributed by atoms with Crippen molar-refractivity contribution in [3.8, 4) is 0 Å². The summed E-state index contributed by atoms with van der Waals surface area (Å²) in [6.45, 7) is 14.5. The summed E-state index contributed by atoms with van der Waals surface area (Å²) in [5.41, 5.74) is -4.13. The molecule has 0 heterocycles. The van der Waals surface area contributed by atoms with Crippen molar-refractivity contribution in [2.45, 2.75) is 121 Å². The number of esters is 3. The van der Waals surface area contributed by atoms with Gasteiger partial charge in [-0.1, -0.05) is 59.0 Å². The molecule has 0 fully saturated rings. The lowest BCUT2D eigenvalue weighted by Gasteiger charge is -2.41. The third-order valence-corrected chi connectivity index (χ3v) is 7.08. The first-order valence-corrected chi connectivity index (χ1v) is 13.8. The molecule has 0 saturated carbocycles. The Morgan fingerprint density at radius 2 is 1.31 bits per heavy atom. The first-order valence-electron chi connectivity index (χ1n) is 13.8. The predicted molar refractivity (Wildman–Crippen MR) is 163 cm³/mol. The summed E-state index contributed by atoms with van der Waals surface area (Å²) >= 11 is 0. The number of benzene rings is 1. The highest BCUT2D eigenvalue weighted by Gasteiger charge is 2.51. The van der Waals surface area contributed by atoms with Crippen molar-refractivity contribution < 1.29 is 43.6 Å². The number of carboxylic acid groups (broad SMARTS) is 1. The van der Waals surface area contributed by atoms with E-state index >= 15 is 0 Å². The highest BCUT2D eigenvalue weighted by atomic mass is 16.6. The number of aliphatic hydroxyl groups excluding tert-OH is 1. The summed E-state index contributed by atoms with van der Waals surface area (Å²) < 4.78 is 16.6. The number of aliphatic hydroxyl groups is 1. The molecule has 1 aromatic rings. The topological polar surface area (TPSA) is 136 Å². The molecular formula is C33H56O9. The van der Waals surface area contributed by atoms with E-state index < -0.39 is 57.7 Å². The fraction of sp³-hybridized carbons (Fsp3) is 0.697. The number of carbonyl (C=O) groups excluding carboxylic acids is 3. The van der Waals surface area contributed by atoms with Crippen LogP contribution in [0.1, 0.15) is 108 Å². The molecule has 2 N–H and O–H groups in total. The molecule has 0 aromatic heterocycles. The molecule has 42 heavy (non-hydrogen) atoms. The molecule has 242 valence electrons. The molecular weight excluding hydrogens is 540 g/mol.